The van der Waals surface area contributed by atoms with Crippen molar-refractivity contribution in [2.24, 2.45) is 0 Å². The average Bonchev–Trinajstić information content (AvgIpc) is 1.99. The molecule has 5 heteroatoms. The Labute approximate surface area is 89.1 Å². The number of carbonyl (C=O) groups excluding carboxylic acids is 2. The maximum absolute atomic E-state index is 11.3. The van der Waals surface area contributed by atoms with E-state index in [1.807, 2.05) is 0 Å². The molecule has 1 N–H and O–H groups in total. The van der Waals surface area contributed by atoms with Gasteiger partial charge in [0, 0.05) is 6.42 Å². The summed E-state index contributed by atoms with van der Waals surface area (Å²) in [6, 6.07) is -0.263. The van der Waals surface area contributed by atoms with Crippen molar-refractivity contribution < 1.29 is 19.1 Å². The van der Waals surface area contributed by atoms with Gasteiger partial charge in [-0.15, -0.1) is 0 Å². The minimum absolute atomic E-state index is 0.00214. The van der Waals surface area contributed by atoms with Crippen LogP contribution in [0, 0.1) is 0 Å². The fourth-order valence-corrected chi connectivity index (χ4v) is 1.27. The van der Waals surface area contributed by atoms with E-state index in [0.717, 1.165) is 0 Å². The van der Waals surface area contributed by atoms with Crippen molar-refractivity contribution in [2.75, 3.05) is 13.2 Å². The molecule has 0 spiro atoms. The molecular formula is C10H17NO4. The summed E-state index contributed by atoms with van der Waals surface area (Å²) in [5.41, 5.74) is -0.524. The highest BCUT2D eigenvalue weighted by Crippen LogP contribution is 2.08. The van der Waals surface area contributed by atoms with Gasteiger partial charge in [0.15, 0.2) is 5.78 Å². The smallest absolute Gasteiger partial charge is 0.407 e. The predicted octanol–water partition coefficient (Wildman–Crippen LogP) is 0.869. The predicted molar refractivity (Wildman–Crippen MR) is 53.6 cm³/mol. The van der Waals surface area contributed by atoms with Gasteiger partial charge in [0.25, 0.3) is 0 Å². The summed E-state index contributed by atoms with van der Waals surface area (Å²) in [6.07, 6.45) is -0.190. The van der Waals surface area contributed by atoms with Crippen LogP contribution in [-0.4, -0.2) is 36.7 Å². The van der Waals surface area contributed by atoms with Crippen LogP contribution >= 0.6 is 0 Å². The highest BCUT2D eigenvalue weighted by molar-refractivity contribution is 5.81. The zero-order valence-electron chi connectivity index (χ0n) is 9.33. The highest BCUT2D eigenvalue weighted by Gasteiger charge is 2.24. The second kappa shape index (κ2) is 4.61. The van der Waals surface area contributed by atoms with Gasteiger partial charge < -0.3 is 14.8 Å². The van der Waals surface area contributed by atoms with Crippen molar-refractivity contribution in [1.29, 1.82) is 0 Å². The molecule has 0 aromatic carbocycles. The van der Waals surface area contributed by atoms with E-state index in [4.69, 9.17) is 9.47 Å². The molecule has 0 aromatic heterocycles. The Morgan fingerprint density at radius 3 is 2.73 bits per heavy atom. The van der Waals surface area contributed by atoms with Crippen LogP contribution in [0.2, 0.25) is 0 Å². The molecule has 1 unspecified atom stereocenters. The first-order valence-corrected chi connectivity index (χ1v) is 4.96. The monoisotopic (exact) mass is 215 g/mol. The van der Waals surface area contributed by atoms with Gasteiger partial charge in [0.05, 0.1) is 12.6 Å². The summed E-state index contributed by atoms with van der Waals surface area (Å²) >= 11 is 0. The fraction of sp³-hybridized carbons (Fsp3) is 0.800. The van der Waals surface area contributed by atoms with Gasteiger partial charge in [0.1, 0.15) is 12.2 Å². The molecule has 1 atom stereocenters. The molecular weight excluding hydrogens is 198 g/mol. The first-order chi connectivity index (χ1) is 6.87. The van der Waals surface area contributed by atoms with Crippen molar-refractivity contribution in [1.82, 2.24) is 5.32 Å². The molecule has 0 radical (unpaired) electrons. The number of carbonyl (C=O) groups is 2. The fourth-order valence-electron chi connectivity index (χ4n) is 1.27. The van der Waals surface area contributed by atoms with Crippen molar-refractivity contribution in [2.45, 2.75) is 38.8 Å². The standard InChI is InChI=1S/C10H17NO4/c1-10(2,3)15-9(13)11-7-4-8(12)6-14-5-7/h7H,4-6H2,1-3H3,(H,11,13). The van der Waals surface area contributed by atoms with Gasteiger partial charge in [-0.2, -0.15) is 0 Å². The van der Waals surface area contributed by atoms with Gasteiger partial charge in [-0.1, -0.05) is 0 Å². The third kappa shape index (κ3) is 4.78. The van der Waals surface area contributed by atoms with E-state index in [9.17, 15) is 9.59 Å². The lowest BCUT2D eigenvalue weighted by atomic mass is 10.1. The summed E-state index contributed by atoms with van der Waals surface area (Å²) in [7, 11) is 0. The Kier molecular flexibility index (Phi) is 3.68. The van der Waals surface area contributed by atoms with Crippen molar-refractivity contribution in [3.8, 4) is 0 Å². The second-order valence-electron chi connectivity index (χ2n) is 4.60. The molecule has 86 valence electrons. The number of hydrogen-bond donors (Lipinski definition) is 1. The van der Waals surface area contributed by atoms with Crippen LogP contribution < -0.4 is 5.32 Å². The average molecular weight is 215 g/mol. The number of hydrogen-bond acceptors (Lipinski definition) is 4. The quantitative estimate of drug-likeness (QED) is 0.705. The molecule has 0 aromatic rings. The Hall–Kier alpha value is -1.10. The van der Waals surface area contributed by atoms with E-state index in [-0.39, 0.29) is 18.4 Å². The minimum Gasteiger partial charge on any atom is -0.444 e. The summed E-state index contributed by atoms with van der Waals surface area (Å²) in [4.78, 5) is 22.4. The lowest BCUT2D eigenvalue weighted by Crippen LogP contribution is -2.45. The van der Waals surface area contributed by atoms with Gasteiger partial charge in [-0.3, -0.25) is 4.79 Å². The molecule has 0 aliphatic carbocycles. The number of nitrogens with one attached hydrogen (secondary N) is 1. The Bertz CT molecular complexity index is 257. The van der Waals surface area contributed by atoms with Crippen LogP contribution in [0.3, 0.4) is 0 Å². The number of rotatable bonds is 1. The number of ketones is 1. The summed E-state index contributed by atoms with van der Waals surface area (Å²) in [6.45, 7) is 5.87. The lowest BCUT2D eigenvalue weighted by Gasteiger charge is -2.25. The largest absolute Gasteiger partial charge is 0.444 e. The van der Waals surface area contributed by atoms with E-state index >= 15 is 0 Å². The molecule has 1 rings (SSSR count). The van der Waals surface area contributed by atoms with E-state index in [2.05, 4.69) is 5.32 Å². The topological polar surface area (TPSA) is 64.6 Å². The Morgan fingerprint density at radius 2 is 2.20 bits per heavy atom. The molecule has 5 nitrogen and oxygen atoms in total. The Morgan fingerprint density at radius 1 is 1.53 bits per heavy atom. The third-order valence-corrected chi connectivity index (χ3v) is 1.78. The van der Waals surface area contributed by atoms with Crippen LogP contribution in [0.5, 0.6) is 0 Å². The molecule has 1 amide bonds. The molecule has 0 saturated carbocycles. The van der Waals surface area contributed by atoms with Crippen LogP contribution in [0.1, 0.15) is 27.2 Å². The maximum Gasteiger partial charge on any atom is 0.407 e. The van der Waals surface area contributed by atoms with Crippen molar-refractivity contribution in [3.05, 3.63) is 0 Å². The van der Waals surface area contributed by atoms with Gasteiger partial charge in [-0.05, 0) is 20.8 Å². The molecule has 1 aliphatic rings. The first-order valence-electron chi connectivity index (χ1n) is 4.96. The maximum atomic E-state index is 11.3. The summed E-state index contributed by atoms with van der Waals surface area (Å²) in [5, 5.41) is 2.60. The zero-order chi connectivity index (χ0) is 11.5. The molecule has 1 saturated heterocycles. The molecule has 1 heterocycles. The zero-order valence-corrected chi connectivity index (χ0v) is 9.33. The van der Waals surface area contributed by atoms with Gasteiger partial charge in [0.2, 0.25) is 0 Å². The number of amides is 1. The van der Waals surface area contributed by atoms with E-state index < -0.39 is 11.7 Å². The third-order valence-electron chi connectivity index (χ3n) is 1.78. The van der Waals surface area contributed by atoms with E-state index in [1.165, 1.54) is 0 Å². The van der Waals surface area contributed by atoms with Crippen LogP contribution in [0.15, 0.2) is 0 Å². The van der Waals surface area contributed by atoms with Crippen LogP contribution in [0.4, 0.5) is 4.79 Å². The summed E-state index contributed by atoms with van der Waals surface area (Å²) in [5.74, 6) is 0.00214. The van der Waals surface area contributed by atoms with Crippen LogP contribution in [0.25, 0.3) is 0 Å². The number of ether oxygens (including phenoxy) is 2. The molecule has 1 aliphatic heterocycles. The van der Waals surface area contributed by atoms with E-state index in [0.29, 0.717) is 13.0 Å². The Balaban J connectivity index is 2.34. The lowest BCUT2D eigenvalue weighted by molar-refractivity contribution is -0.128. The summed E-state index contributed by atoms with van der Waals surface area (Å²) < 4.78 is 10.1. The molecule has 15 heavy (non-hydrogen) atoms. The number of alkyl carbamates (subject to hydrolysis) is 1. The first kappa shape index (κ1) is 12.0. The van der Waals surface area contributed by atoms with Gasteiger partial charge >= 0.3 is 6.09 Å². The van der Waals surface area contributed by atoms with Crippen LogP contribution in [-0.2, 0) is 14.3 Å². The SMILES string of the molecule is CC(C)(C)OC(=O)NC1COCC(=O)C1. The van der Waals surface area contributed by atoms with Crippen molar-refractivity contribution >= 4 is 11.9 Å². The highest BCUT2D eigenvalue weighted by atomic mass is 16.6. The molecule has 0 bridgehead atoms. The molecule has 1 fully saturated rings. The van der Waals surface area contributed by atoms with Gasteiger partial charge in [-0.25, -0.2) is 4.79 Å². The van der Waals surface area contributed by atoms with E-state index in [1.54, 1.807) is 20.8 Å². The van der Waals surface area contributed by atoms with Crippen molar-refractivity contribution in [3.63, 3.8) is 0 Å². The number of Topliss-reactive ketones (excluding diaryl/α,β-unsaturated/α-hetero) is 1. The normalized spacial score (nSPS) is 22.3. The minimum atomic E-state index is -0.524. The second-order valence-corrected chi connectivity index (χ2v) is 4.60.